The first kappa shape index (κ1) is 9.74. The van der Waals surface area contributed by atoms with Crippen LogP contribution in [0.5, 0.6) is 0 Å². The molecule has 0 atom stereocenters. The van der Waals surface area contributed by atoms with E-state index in [4.69, 9.17) is 10.5 Å². The van der Waals surface area contributed by atoms with Crippen molar-refractivity contribution < 1.29 is 10.0 Å². The Labute approximate surface area is 80.3 Å². The monoisotopic (exact) mass is 189 g/mol. The van der Waals surface area contributed by atoms with Gasteiger partial charge in [0.15, 0.2) is 0 Å². The van der Waals surface area contributed by atoms with Crippen LogP contribution in [0.25, 0.3) is 0 Å². The van der Waals surface area contributed by atoms with Gasteiger partial charge in [0, 0.05) is 5.69 Å². The van der Waals surface area contributed by atoms with Gasteiger partial charge in [0.2, 0.25) is 5.71 Å². The molecule has 0 aliphatic carbocycles. The zero-order valence-electron chi connectivity index (χ0n) is 7.14. The summed E-state index contributed by atoms with van der Waals surface area (Å²) in [5.74, 6) is -0.735. The van der Waals surface area contributed by atoms with Gasteiger partial charge in [-0.3, -0.25) is 4.79 Å². The first-order valence-corrected chi connectivity index (χ1v) is 3.76. The third-order valence-corrected chi connectivity index (χ3v) is 1.45. The summed E-state index contributed by atoms with van der Waals surface area (Å²) < 4.78 is 0. The van der Waals surface area contributed by atoms with E-state index in [1.165, 1.54) is 6.07 Å². The molecule has 1 amide bonds. The summed E-state index contributed by atoms with van der Waals surface area (Å²) in [4.78, 5) is 11.2. The van der Waals surface area contributed by atoms with Crippen LogP contribution in [-0.4, -0.2) is 16.8 Å². The van der Waals surface area contributed by atoms with Crippen LogP contribution in [0.3, 0.4) is 0 Å². The third-order valence-electron chi connectivity index (χ3n) is 1.45. The van der Waals surface area contributed by atoms with Gasteiger partial charge in [0.05, 0.1) is 0 Å². The number of hydrogen-bond donors (Lipinski definition) is 2. The van der Waals surface area contributed by atoms with Crippen molar-refractivity contribution in [2.24, 2.45) is 5.16 Å². The molecule has 1 aromatic rings. The average Bonchev–Trinajstić information content (AvgIpc) is 2.21. The second-order valence-electron chi connectivity index (χ2n) is 2.38. The summed E-state index contributed by atoms with van der Waals surface area (Å²) in [7, 11) is 0. The predicted octanol–water partition coefficient (Wildman–Crippen LogP) is 0.979. The number of benzene rings is 1. The van der Waals surface area contributed by atoms with E-state index in [-0.39, 0.29) is 0 Å². The van der Waals surface area contributed by atoms with Gasteiger partial charge < -0.3 is 10.5 Å². The maximum Gasteiger partial charge on any atom is 0.288 e. The molecule has 14 heavy (non-hydrogen) atoms. The molecule has 2 N–H and O–H groups in total. The van der Waals surface area contributed by atoms with Crippen LogP contribution in [0.4, 0.5) is 5.69 Å². The number of nitriles is 1. The van der Waals surface area contributed by atoms with Crippen LogP contribution < -0.4 is 5.32 Å². The number of nitrogens with one attached hydrogen (secondary N) is 1. The highest BCUT2D eigenvalue weighted by Crippen LogP contribution is 2.04. The molecule has 0 aliphatic rings. The van der Waals surface area contributed by atoms with Crippen molar-refractivity contribution in [2.45, 2.75) is 0 Å². The first-order chi connectivity index (χ1) is 6.77. The molecule has 0 aromatic heterocycles. The number of para-hydroxylation sites is 1. The molecule has 0 radical (unpaired) electrons. The van der Waals surface area contributed by atoms with E-state index in [1.807, 2.05) is 0 Å². The molecule has 0 unspecified atom stereocenters. The Hall–Kier alpha value is -2.35. The van der Waals surface area contributed by atoms with Gasteiger partial charge in [-0.25, -0.2) is 0 Å². The van der Waals surface area contributed by atoms with Gasteiger partial charge in [-0.05, 0) is 12.1 Å². The summed E-state index contributed by atoms with van der Waals surface area (Å²) in [5, 5.41) is 21.6. The van der Waals surface area contributed by atoms with Crippen molar-refractivity contribution in [3.05, 3.63) is 30.3 Å². The van der Waals surface area contributed by atoms with Gasteiger partial charge in [0.25, 0.3) is 5.91 Å². The second kappa shape index (κ2) is 4.62. The van der Waals surface area contributed by atoms with Crippen molar-refractivity contribution in [1.82, 2.24) is 0 Å². The standard InChI is InChI=1S/C9H7N3O2/c10-6-8(12-14)9(13)11-7-4-2-1-3-5-7/h1-5,14H,(H,11,13)/b12-8-. The number of carbonyl (C=O) groups excluding carboxylic acids is 1. The average molecular weight is 189 g/mol. The van der Waals surface area contributed by atoms with Gasteiger partial charge in [-0.1, -0.05) is 23.4 Å². The number of carbonyl (C=O) groups is 1. The van der Waals surface area contributed by atoms with Crippen LogP contribution in [0.2, 0.25) is 0 Å². The number of oxime groups is 1. The molecule has 0 saturated carbocycles. The quantitative estimate of drug-likeness (QED) is 0.413. The molecule has 5 nitrogen and oxygen atoms in total. The highest BCUT2D eigenvalue weighted by Gasteiger charge is 2.10. The fourth-order valence-corrected chi connectivity index (χ4v) is 0.830. The van der Waals surface area contributed by atoms with Gasteiger partial charge in [0.1, 0.15) is 6.07 Å². The summed E-state index contributed by atoms with van der Waals surface area (Å²) in [6.07, 6.45) is 0. The van der Waals surface area contributed by atoms with Gasteiger partial charge in [-0.2, -0.15) is 5.26 Å². The van der Waals surface area contributed by atoms with Gasteiger partial charge >= 0.3 is 0 Å². The lowest BCUT2D eigenvalue weighted by Gasteiger charge is -2.00. The SMILES string of the molecule is N#C/C(=N/O)C(=O)Nc1ccccc1. The van der Waals surface area contributed by atoms with Crippen LogP contribution >= 0.6 is 0 Å². The number of amides is 1. The molecule has 1 aromatic carbocycles. The largest absolute Gasteiger partial charge is 0.410 e. The number of nitrogens with zero attached hydrogens (tertiary/aromatic N) is 2. The fourth-order valence-electron chi connectivity index (χ4n) is 0.830. The summed E-state index contributed by atoms with van der Waals surface area (Å²) >= 11 is 0. The minimum atomic E-state index is -0.735. The van der Waals surface area contributed by atoms with E-state index in [2.05, 4.69) is 10.5 Å². The Morgan fingerprint density at radius 3 is 2.57 bits per heavy atom. The van der Waals surface area contributed by atoms with Crippen molar-refractivity contribution in [2.75, 3.05) is 5.32 Å². The smallest absolute Gasteiger partial charge is 0.288 e. The molecule has 0 fully saturated rings. The first-order valence-electron chi connectivity index (χ1n) is 3.76. The Morgan fingerprint density at radius 2 is 2.07 bits per heavy atom. The van der Waals surface area contributed by atoms with Crippen molar-refractivity contribution in [3.8, 4) is 6.07 Å². The van der Waals surface area contributed by atoms with E-state index < -0.39 is 11.6 Å². The van der Waals surface area contributed by atoms with E-state index >= 15 is 0 Å². The second-order valence-corrected chi connectivity index (χ2v) is 2.38. The van der Waals surface area contributed by atoms with Gasteiger partial charge in [-0.15, -0.1) is 0 Å². The molecule has 5 heteroatoms. The number of hydrogen-bond acceptors (Lipinski definition) is 4. The maximum absolute atomic E-state index is 11.2. The van der Waals surface area contributed by atoms with Crippen molar-refractivity contribution >= 4 is 17.3 Å². The highest BCUT2D eigenvalue weighted by atomic mass is 16.4. The molecule has 1 rings (SSSR count). The lowest BCUT2D eigenvalue weighted by molar-refractivity contribution is -0.110. The Morgan fingerprint density at radius 1 is 1.43 bits per heavy atom. The van der Waals surface area contributed by atoms with Crippen molar-refractivity contribution in [1.29, 1.82) is 5.26 Å². The molecule has 0 bridgehead atoms. The van der Waals surface area contributed by atoms with E-state index in [0.29, 0.717) is 5.69 Å². The van der Waals surface area contributed by atoms with E-state index in [1.54, 1.807) is 30.3 Å². The number of rotatable bonds is 2. The summed E-state index contributed by atoms with van der Waals surface area (Å²) in [5.41, 5.74) is -0.0391. The van der Waals surface area contributed by atoms with E-state index in [0.717, 1.165) is 0 Å². The van der Waals surface area contributed by atoms with Crippen LogP contribution in [-0.2, 0) is 4.79 Å². The zero-order chi connectivity index (χ0) is 10.4. The molecule has 0 spiro atoms. The fraction of sp³-hybridized carbons (Fsp3) is 0. The molecule has 0 saturated heterocycles. The Kier molecular flexibility index (Phi) is 3.21. The summed E-state index contributed by atoms with van der Waals surface area (Å²) in [6, 6.07) is 10.0. The molecule has 0 heterocycles. The highest BCUT2D eigenvalue weighted by molar-refractivity contribution is 6.48. The normalized spacial score (nSPS) is 10.4. The number of anilines is 1. The topological polar surface area (TPSA) is 85.5 Å². The lowest BCUT2D eigenvalue weighted by Crippen LogP contribution is -2.21. The Bertz CT molecular complexity index is 392. The van der Waals surface area contributed by atoms with Crippen LogP contribution in [0.1, 0.15) is 0 Å². The molecule has 70 valence electrons. The minimum Gasteiger partial charge on any atom is -0.410 e. The minimum absolute atomic E-state index is 0.536. The lowest BCUT2D eigenvalue weighted by atomic mass is 10.3. The Balaban J connectivity index is 2.73. The maximum atomic E-state index is 11.2. The van der Waals surface area contributed by atoms with Crippen LogP contribution in [0, 0.1) is 11.3 Å². The zero-order valence-corrected chi connectivity index (χ0v) is 7.14. The molecular weight excluding hydrogens is 182 g/mol. The third kappa shape index (κ3) is 2.32. The predicted molar refractivity (Wildman–Crippen MR) is 49.9 cm³/mol. The van der Waals surface area contributed by atoms with Crippen molar-refractivity contribution in [3.63, 3.8) is 0 Å². The van der Waals surface area contributed by atoms with E-state index in [9.17, 15) is 4.79 Å². The molecule has 0 aliphatic heterocycles. The summed E-state index contributed by atoms with van der Waals surface area (Å²) in [6.45, 7) is 0. The van der Waals surface area contributed by atoms with Crippen LogP contribution in [0.15, 0.2) is 35.5 Å². The molecular formula is C9H7N3O2.